The van der Waals surface area contributed by atoms with Gasteiger partial charge in [-0.05, 0) is 67.4 Å². The van der Waals surface area contributed by atoms with Gasteiger partial charge in [0.25, 0.3) is 5.91 Å². The molecular formula is C28H25ClF2N6O3. The molecule has 0 spiro atoms. The minimum absolute atomic E-state index is 0.145. The molecular weight excluding hydrogens is 542 g/mol. The number of rotatable bonds is 10. The number of imidazole rings is 1. The zero-order chi connectivity index (χ0) is 28.6. The van der Waals surface area contributed by atoms with Gasteiger partial charge in [0.2, 0.25) is 0 Å². The summed E-state index contributed by atoms with van der Waals surface area (Å²) in [5.74, 6) is -2.34. The number of halogens is 3. The first-order chi connectivity index (χ1) is 19.1. The molecule has 40 heavy (non-hydrogen) atoms. The summed E-state index contributed by atoms with van der Waals surface area (Å²) in [6, 6.07) is 13.3. The first kappa shape index (κ1) is 27.1. The number of nitrogens with zero attached hydrogens (tertiary/aromatic N) is 3. The average Bonchev–Trinajstić information content (AvgIpc) is 3.69. The number of amidine groups is 1. The van der Waals surface area contributed by atoms with Gasteiger partial charge in [-0.15, -0.1) is 0 Å². The van der Waals surface area contributed by atoms with Crippen molar-refractivity contribution in [2.45, 2.75) is 31.8 Å². The maximum atomic E-state index is 14.6. The van der Waals surface area contributed by atoms with Crippen LogP contribution in [0.5, 0.6) is 0 Å². The number of amides is 1. The fraction of sp³-hybridized carbons (Fsp3) is 0.214. The zero-order valence-corrected chi connectivity index (χ0v) is 21.9. The first-order valence-electron chi connectivity index (χ1n) is 12.5. The van der Waals surface area contributed by atoms with Crippen molar-refractivity contribution in [3.63, 3.8) is 0 Å². The quantitative estimate of drug-likeness (QED) is 0.151. The Morgan fingerprint density at radius 2 is 1.85 bits per heavy atom. The van der Waals surface area contributed by atoms with Gasteiger partial charge in [-0.25, -0.2) is 13.8 Å². The second kappa shape index (κ2) is 10.9. The van der Waals surface area contributed by atoms with Crippen LogP contribution in [0.25, 0.3) is 11.0 Å². The molecule has 1 heterocycles. The van der Waals surface area contributed by atoms with Crippen molar-refractivity contribution in [1.29, 1.82) is 5.41 Å². The van der Waals surface area contributed by atoms with Crippen molar-refractivity contribution < 1.29 is 23.5 Å². The topological polar surface area (TPSA) is 137 Å². The number of benzene rings is 3. The average molecular weight is 567 g/mol. The molecule has 1 fully saturated rings. The predicted molar refractivity (Wildman–Crippen MR) is 148 cm³/mol. The molecule has 1 aliphatic rings. The van der Waals surface area contributed by atoms with E-state index in [1.165, 1.54) is 29.2 Å². The number of carboxylic acid groups (broad SMARTS) is 1. The minimum atomic E-state index is -1.09. The Morgan fingerprint density at radius 3 is 2.50 bits per heavy atom. The molecule has 206 valence electrons. The van der Waals surface area contributed by atoms with Crippen LogP contribution >= 0.6 is 11.6 Å². The summed E-state index contributed by atoms with van der Waals surface area (Å²) in [6.45, 7) is 0.0669. The van der Waals surface area contributed by atoms with Crippen molar-refractivity contribution >= 4 is 51.7 Å². The smallest absolute Gasteiger partial charge is 0.305 e. The molecule has 0 bridgehead atoms. The van der Waals surface area contributed by atoms with Crippen molar-refractivity contribution in [2.75, 3.05) is 16.8 Å². The zero-order valence-electron chi connectivity index (χ0n) is 21.1. The number of nitrogens with one attached hydrogen (secondary N) is 2. The van der Waals surface area contributed by atoms with Gasteiger partial charge in [-0.2, -0.15) is 0 Å². The SMILES string of the molecule is N=C(N)c1ccc(NCc2nc3cc(C(=O)N(CCC(=O)O)c4ccc(F)c(Cl)c4)ccc3n2C2CC2)c(F)c1. The number of anilines is 2. The van der Waals surface area contributed by atoms with E-state index < -0.39 is 23.5 Å². The monoisotopic (exact) mass is 566 g/mol. The number of nitrogens with two attached hydrogens (primary N) is 1. The summed E-state index contributed by atoms with van der Waals surface area (Å²) in [5.41, 5.74) is 7.86. The molecule has 0 radical (unpaired) electrons. The number of nitrogen functional groups attached to an aromatic ring is 1. The third-order valence-corrected chi connectivity index (χ3v) is 6.94. The lowest BCUT2D eigenvalue weighted by molar-refractivity contribution is -0.136. The second-order valence-electron chi connectivity index (χ2n) is 9.49. The second-order valence-corrected chi connectivity index (χ2v) is 9.90. The van der Waals surface area contributed by atoms with Crippen molar-refractivity contribution in [3.8, 4) is 0 Å². The number of fused-ring (bicyclic) bond motifs is 1. The number of hydrogen-bond donors (Lipinski definition) is 4. The van der Waals surface area contributed by atoms with Gasteiger partial charge in [0, 0.05) is 29.4 Å². The van der Waals surface area contributed by atoms with E-state index in [2.05, 4.69) is 9.88 Å². The molecule has 9 nitrogen and oxygen atoms in total. The predicted octanol–water partition coefficient (Wildman–Crippen LogP) is 5.32. The van der Waals surface area contributed by atoms with Gasteiger partial charge in [0.05, 0.1) is 34.7 Å². The van der Waals surface area contributed by atoms with Crippen LogP contribution in [-0.4, -0.2) is 38.9 Å². The highest BCUT2D eigenvalue weighted by molar-refractivity contribution is 6.31. The van der Waals surface area contributed by atoms with E-state index in [4.69, 9.17) is 27.7 Å². The van der Waals surface area contributed by atoms with Gasteiger partial charge in [-0.3, -0.25) is 15.0 Å². The third kappa shape index (κ3) is 5.59. The molecule has 12 heteroatoms. The maximum absolute atomic E-state index is 14.6. The van der Waals surface area contributed by atoms with Crippen LogP contribution in [0.15, 0.2) is 54.6 Å². The number of carboxylic acids is 1. The van der Waals surface area contributed by atoms with Crippen LogP contribution in [0, 0.1) is 17.0 Å². The van der Waals surface area contributed by atoms with Crippen LogP contribution in [-0.2, 0) is 11.3 Å². The number of carbonyl (C=O) groups is 2. The molecule has 0 unspecified atom stereocenters. The van der Waals surface area contributed by atoms with Crippen molar-refractivity contribution in [3.05, 3.63) is 88.2 Å². The molecule has 1 saturated carbocycles. The van der Waals surface area contributed by atoms with Crippen molar-refractivity contribution in [1.82, 2.24) is 9.55 Å². The maximum Gasteiger partial charge on any atom is 0.305 e. The normalized spacial score (nSPS) is 12.9. The number of aromatic nitrogens is 2. The first-order valence-corrected chi connectivity index (χ1v) is 12.9. The van der Waals surface area contributed by atoms with Crippen molar-refractivity contribution in [2.24, 2.45) is 5.73 Å². The summed E-state index contributed by atoms with van der Waals surface area (Å²) in [7, 11) is 0. The van der Waals surface area contributed by atoms with E-state index >= 15 is 0 Å². The van der Waals surface area contributed by atoms with E-state index in [1.54, 1.807) is 24.3 Å². The molecule has 1 aliphatic carbocycles. The van der Waals surface area contributed by atoms with E-state index in [1.807, 2.05) is 0 Å². The van der Waals surface area contributed by atoms with Gasteiger partial charge < -0.3 is 25.6 Å². The van der Waals surface area contributed by atoms with Crippen LogP contribution in [0.1, 0.15) is 47.1 Å². The third-order valence-electron chi connectivity index (χ3n) is 6.65. The lowest BCUT2D eigenvalue weighted by atomic mass is 10.1. The van der Waals surface area contributed by atoms with Crippen LogP contribution in [0.4, 0.5) is 20.2 Å². The van der Waals surface area contributed by atoms with E-state index in [0.29, 0.717) is 11.3 Å². The Bertz CT molecular complexity index is 1650. The summed E-state index contributed by atoms with van der Waals surface area (Å²) < 4.78 is 30.4. The highest BCUT2D eigenvalue weighted by atomic mass is 35.5. The summed E-state index contributed by atoms with van der Waals surface area (Å²) in [5, 5.41) is 19.5. The summed E-state index contributed by atoms with van der Waals surface area (Å²) >= 11 is 5.92. The molecule has 0 atom stereocenters. The van der Waals surface area contributed by atoms with Gasteiger partial charge >= 0.3 is 5.97 Å². The number of aliphatic carboxylic acids is 1. The number of carbonyl (C=O) groups excluding carboxylic acids is 1. The van der Waals surface area contributed by atoms with Gasteiger partial charge in [0.1, 0.15) is 23.3 Å². The van der Waals surface area contributed by atoms with E-state index in [9.17, 15) is 23.5 Å². The molecule has 1 aromatic heterocycles. The molecule has 4 aromatic rings. The highest BCUT2D eigenvalue weighted by Gasteiger charge is 2.29. The number of hydrogen-bond acceptors (Lipinski definition) is 5. The molecule has 0 aliphatic heterocycles. The molecule has 5 rings (SSSR count). The summed E-state index contributed by atoms with van der Waals surface area (Å²) in [6.07, 6.45) is 1.61. The fourth-order valence-electron chi connectivity index (χ4n) is 4.51. The van der Waals surface area contributed by atoms with Crippen LogP contribution in [0.2, 0.25) is 5.02 Å². The fourth-order valence-corrected chi connectivity index (χ4v) is 4.69. The Balaban J connectivity index is 1.45. The lowest BCUT2D eigenvalue weighted by Gasteiger charge is -2.22. The highest BCUT2D eigenvalue weighted by Crippen LogP contribution is 2.39. The van der Waals surface area contributed by atoms with Gasteiger partial charge in [-0.1, -0.05) is 11.6 Å². The molecule has 0 saturated heterocycles. The van der Waals surface area contributed by atoms with Crippen LogP contribution < -0.4 is 16.0 Å². The van der Waals surface area contributed by atoms with E-state index in [-0.39, 0.29) is 58.9 Å². The largest absolute Gasteiger partial charge is 0.481 e. The molecule has 5 N–H and O–H groups in total. The molecule has 1 amide bonds. The Morgan fingerprint density at radius 1 is 1.10 bits per heavy atom. The Labute approximate surface area is 232 Å². The van der Waals surface area contributed by atoms with E-state index in [0.717, 1.165) is 24.4 Å². The summed E-state index contributed by atoms with van der Waals surface area (Å²) in [4.78, 5) is 30.8. The lowest BCUT2D eigenvalue weighted by Crippen LogP contribution is -2.33. The standard InChI is InChI=1S/C28H25ClF2N6O3/c29-19-13-18(5-6-20(19)30)36(10-9-26(38)39)28(40)16-2-8-24-23(12-16)35-25(37(24)17-3-4-17)14-34-22-7-1-15(27(32)33)11-21(22)31/h1-2,5-8,11-13,17,34H,3-4,9-10,14H2,(H3,32,33)(H,38,39). The minimum Gasteiger partial charge on any atom is -0.481 e. The molecule has 3 aromatic carbocycles. The van der Waals surface area contributed by atoms with Crippen LogP contribution in [0.3, 0.4) is 0 Å². The Kier molecular flexibility index (Phi) is 7.40. The van der Waals surface area contributed by atoms with Gasteiger partial charge in [0.15, 0.2) is 0 Å². The Hall–Kier alpha value is -4.51.